The Balaban J connectivity index is 1.57. The molecule has 2 aromatic rings. The summed E-state index contributed by atoms with van der Waals surface area (Å²) < 4.78 is 73.0. The minimum absolute atomic E-state index is 0.134. The van der Waals surface area contributed by atoms with E-state index in [1.165, 1.54) is 34.6 Å². The summed E-state index contributed by atoms with van der Waals surface area (Å²) >= 11 is 4.31. The molecule has 2 saturated heterocycles. The molecule has 35 heavy (non-hydrogen) atoms. The molecule has 2 aromatic carbocycles. The summed E-state index contributed by atoms with van der Waals surface area (Å²) in [4.78, 5) is 2.48. The Labute approximate surface area is 208 Å². The highest BCUT2D eigenvalue weighted by molar-refractivity contribution is 7.90. The summed E-state index contributed by atoms with van der Waals surface area (Å²) in [6.07, 6.45) is -4.81. The van der Waals surface area contributed by atoms with Gasteiger partial charge in [-0.15, -0.1) is 12.6 Å². The predicted molar refractivity (Wildman–Crippen MR) is 128 cm³/mol. The minimum atomic E-state index is -4.81. The van der Waals surface area contributed by atoms with E-state index in [9.17, 15) is 26.7 Å². The van der Waals surface area contributed by atoms with Gasteiger partial charge in [0.15, 0.2) is 5.60 Å². The Kier molecular flexibility index (Phi) is 7.43. The third kappa shape index (κ3) is 5.32. The second kappa shape index (κ2) is 9.91. The number of anilines is 1. The molecule has 0 spiro atoms. The van der Waals surface area contributed by atoms with E-state index in [4.69, 9.17) is 4.74 Å². The van der Waals surface area contributed by atoms with Crippen LogP contribution in [0.25, 0.3) is 0 Å². The third-order valence-electron chi connectivity index (χ3n) is 6.52. The largest absolute Gasteiger partial charge is 0.421 e. The Morgan fingerprint density at radius 3 is 2.34 bits per heavy atom. The van der Waals surface area contributed by atoms with Crippen molar-refractivity contribution in [1.29, 1.82) is 0 Å². The average molecular weight is 532 g/mol. The van der Waals surface area contributed by atoms with Crippen LogP contribution in [0.2, 0.25) is 0 Å². The number of piperazine rings is 1. The minimum Gasteiger partial charge on any atom is -0.378 e. The lowest BCUT2D eigenvalue weighted by Crippen LogP contribution is -2.60. The Morgan fingerprint density at radius 1 is 1.11 bits per heavy atom. The normalized spacial score (nSPS) is 22.0. The van der Waals surface area contributed by atoms with Crippen LogP contribution in [-0.4, -0.2) is 75.5 Å². The lowest BCUT2D eigenvalue weighted by molar-refractivity contribution is -0.258. The standard InChI is InChI=1S/C23H28F3N3O4S2/c1-22(30,23(24,25)26)16-6-8-18(9-7-16)29-11-10-28(13-19(29)12-27-17-14-33-15-17)35(31,32)21-5-3-2-4-20(21)34/h2-9,17,19,27,30,34H,10-15H2,1H3/t19-,22?/m0/s1. The molecule has 2 heterocycles. The molecule has 2 atom stereocenters. The Hall–Kier alpha value is -1.83. The SMILES string of the molecule is CC(O)(c1ccc(N2CCN(S(=O)(=O)c3ccccc3S)C[C@@H]2CNC2COC2)cc1)C(F)(F)F. The van der Waals surface area contributed by atoms with E-state index in [-0.39, 0.29) is 35.6 Å². The van der Waals surface area contributed by atoms with Gasteiger partial charge in [-0.25, -0.2) is 8.42 Å². The first-order chi connectivity index (χ1) is 16.4. The highest BCUT2D eigenvalue weighted by Crippen LogP contribution is 2.39. The molecule has 0 amide bonds. The highest BCUT2D eigenvalue weighted by Gasteiger charge is 2.51. The van der Waals surface area contributed by atoms with Crippen molar-refractivity contribution in [3.8, 4) is 0 Å². The van der Waals surface area contributed by atoms with E-state index < -0.39 is 21.8 Å². The van der Waals surface area contributed by atoms with Gasteiger partial charge >= 0.3 is 6.18 Å². The number of alkyl halides is 3. The summed E-state index contributed by atoms with van der Waals surface area (Å²) in [5.74, 6) is 0. The van der Waals surface area contributed by atoms with Crippen LogP contribution in [0, 0.1) is 0 Å². The van der Waals surface area contributed by atoms with Gasteiger partial charge in [0.1, 0.15) is 0 Å². The van der Waals surface area contributed by atoms with Crippen molar-refractivity contribution in [2.75, 3.05) is 44.3 Å². The van der Waals surface area contributed by atoms with Crippen LogP contribution < -0.4 is 10.2 Å². The fraction of sp³-hybridized carbons (Fsp3) is 0.478. The van der Waals surface area contributed by atoms with E-state index in [1.54, 1.807) is 18.2 Å². The van der Waals surface area contributed by atoms with Crippen molar-refractivity contribution >= 4 is 28.3 Å². The molecule has 0 saturated carbocycles. The fourth-order valence-corrected chi connectivity index (χ4v) is 6.23. The van der Waals surface area contributed by atoms with Gasteiger partial charge in [-0.3, -0.25) is 0 Å². The predicted octanol–water partition coefficient (Wildman–Crippen LogP) is 2.61. The average Bonchev–Trinajstić information content (AvgIpc) is 2.77. The Morgan fingerprint density at radius 2 is 1.77 bits per heavy atom. The molecule has 12 heteroatoms. The van der Waals surface area contributed by atoms with Crippen LogP contribution >= 0.6 is 12.6 Å². The number of aliphatic hydroxyl groups is 1. The van der Waals surface area contributed by atoms with Gasteiger partial charge in [0, 0.05) is 36.8 Å². The van der Waals surface area contributed by atoms with Gasteiger partial charge in [0.05, 0.1) is 30.2 Å². The number of ether oxygens (including phenoxy) is 1. The number of thiol groups is 1. The third-order valence-corrected chi connectivity index (χ3v) is 8.99. The zero-order valence-corrected chi connectivity index (χ0v) is 20.8. The molecule has 4 rings (SSSR count). The first-order valence-electron chi connectivity index (χ1n) is 11.2. The maximum atomic E-state index is 13.3. The molecular weight excluding hydrogens is 503 g/mol. The molecule has 2 N–H and O–H groups in total. The number of nitrogens with zero attached hydrogens (tertiary/aromatic N) is 2. The summed E-state index contributed by atoms with van der Waals surface area (Å²) in [6, 6.07) is 12.0. The topological polar surface area (TPSA) is 82.1 Å². The monoisotopic (exact) mass is 531 g/mol. The van der Waals surface area contributed by atoms with Gasteiger partial charge in [0.25, 0.3) is 0 Å². The molecular formula is C23H28F3N3O4S2. The zero-order chi connectivity index (χ0) is 25.4. The molecule has 2 aliphatic rings. The van der Waals surface area contributed by atoms with E-state index in [2.05, 4.69) is 17.9 Å². The molecule has 0 aliphatic carbocycles. The molecule has 0 bridgehead atoms. The molecule has 192 valence electrons. The van der Waals surface area contributed by atoms with Crippen LogP contribution in [0.15, 0.2) is 58.3 Å². The number of rotatable bonds is 7. The van der Waals surface area contributed by atoms with Crippen molar-refractivity contribution < 1.29 is 31.4 Å². The lowest BCUT2D eigenvalue weighted by Gasteiger charge is -2.43. The van der Waals surface area contributed by atoms with Crippen molar-refractivity contribution in [3.05, 3.63) is 54.1 Å². The van der Waals surface area contributed by atoms with E-state index in [0.717, 1.165) is 6.92 Å². The molecule has 2 aliphatic heterocycles. The molecule has 1 unspecified atom stereocenters. The summed E-state index contributed by atoms with van der Waals surface area (Å²) in [6.45, 7) is 3.06. The van der Waals surface area contributed by atoms with Crippen LogP contribution in [-0.2, 0) is 20.4 Å². The van der Waals surface area contributed by atoms with Gasteiger partial charge in [-0.1, -0.05) is 24.3 Å². The van der Waals surface area contributed by atoms with Gasteiger partial charge in [-0.05, 0) is 36.8 Å². The van der Waals surface area contributed by atoms with Crippen LogP contribution in [0.1, 0.15) is 12.5 Å². The number of hydrogen-bond donors (Lipinski definition) is 3. The maximum absolute atomic E-state index is 13.3. The summed E-state index contributed by atoms with van der Waals surface area (Å²) in [5, 5.41) is 13.3. The molecule has 7 nitrogen and oxygen atoms in total. The molecule has 2 fully saturated rings. The zero-order valence-electron chi connectivity index (χ0n) is 19.1. The van der Waals surface area contributed by atoms with Crippen molar-refractivity contribution in [2.24, 2.45) is 0 Å². The van der Waals surface area contributed by atoms with Crippen molar-refractivity contribution in [1.82, 2.24) is 9.62 Å². The van der Waals surface area contributed by atoms with Crippen LogP contribution in [0.3, 0.4) is 0 Å². The van der Waals surface area contributed by atoms with E-state index >= 15 is 0 Å². The quantitative estimate of drug-likeness (QED) is 0.477. The highest BCUT2D eigenvalue weighted by atomic mass is 32.2. The second-order valence-corrected chi connectivity index (χ2v) is 11.3. The Bertz CT molecular complexity index is 1140. The van der Waals surface area contributed by atoms with Gasteiger partial charge < -0.3 is 20.1 Å². The number of hydrogen-bond acceptors (Lipinski definition) is 7. The van der Waals surface area contributed by atoms with E-state index in [1.807, 2.05) is 4.90 Å². The fourth-order valence-electron chi connectivity index (χ4n) is 4.17. The number of benzene rings is 2. The van der Waals surface area contributed by atoms with Gasteiger partial charge in [-0.2, -0.15) is 17.5 Å². The van der Waals surface area contributed by atoms with Crippen LogP contribution in [0.5, 0.6) is 0 Å². The smallest absolute Gasteiger partial charge is 0.378 e. The van der Waals surface area contributed by atoms with Crippen molar-refractivity contribution in [2.45, 2.75) is 40.6 Å². The van der Waals surface area contributed by atoms with Crippen molar-refractivity contribution in [3.63, 3.8) is 0 Å². The lowest BCUT2D eigenvalue weighted by atomic mass is 9.95. The molecule has 0 radical (unpaired) electrons. The van der Waals surface area contributed by atoms with E-state index in [0.29, 0.717) is 36.9 Å². The number of nitrogens with one attached hydrogen (secondary N) is 1. The second-order valence-electron chi connectivity index (χ2n) is 8.94. The first kappa shape index (κ1) is 26.2. The number of halogens is 3. The van der Waals surface area contributed by atoms with Gasteiger partial charge in [0.2, 0.25) is 10.0 Å². The maximum Gasteiger partial charge on any atom is 0.421 e. The first-order valence-corrected chi connectivity index (χ1v) is 13.1. The number of sulfonamides is 1. The summed E-state index contributed by atoms with van der Waals surface area (Å²) in [7, 11) is -3.78. The van der Waals surface area contributed by atoms with Crippen LogP contribution in [0.4, 0.5) is 18.9 Å². The summed E-state index contributed by atoms with van der Waals surface area (Å²) in [5.41, 5.74) is -2.58. The molecule has 0 aromatic heterocycles.